The molecule has 1 saturated heterocycles. The zero-order valence-electron chi connectivity index (χ0n) is 16.4. The number of nitrogens with zero attached hydrogens (tertiary/aromatic N) is 3. The van der Waals surface area contributed by atoms with Gasteiger partial charge in [0, 0.05) is 6.54 Å². The molecule has 4 rings (SSSR count). The molecule has 3 aromatic rings. The van der Waals surface area contributed by atoms with Crippen LogP contribution in [0.1, 0.15) is 5.82 Å². The molecule has 8 nitrogen and oxygen atoms in total. The van der Waals surface area contributed by atoms with Gasteiger partial charge in [-0.25, -0.2) is 27.2 Å². The van der Waals surface area contributed by atoms with Gasteiger partial charge in [0.1, 0.15) is 32.5 Å². The number of morpholine rings is 1. The number of hydrogen-bond donors (Lipinski definition) is 2. The van der Waals surface area contributed by atoms with Gasteiger partial charge < -0.3 is 20.4 Å². The number of aromatic nitrogens is 3. The Morgan fingerprint density at radius 2 is 1.97 bits per heavy atom. The van der Waals surface area contributed by atoms with Gasteiger partial charge in [0.25, 0.3) is 0 Å². The van der Waals surface area contributed by atoms with Crippen LogP contribution in [0.15, 0.2) is 28.0 Å². The second-order valence-electron chi connectivity index (χ2n) is 7.09. The summed E-state index contributed by atoms with van der Waals surface area (Å²) in [6.45, 7) is 0.615. The third-order valence-electron chi connectivity index (χ3n) is 4.93. The molecule has 32 heavy (non-hydrogen) atoms. The molecule has 1 aromatic carbocycles. The average molecular weight is 477 g/mol. The number of aromatic amines is 1. The number of halogens is 5. The lowest BCUT2D eigenvalue weighted by molar-refractivity contribution is -0.221. The first-order chi connectivity index (χ1) is 14.9. The first-order valence-corrected chi connectivity index (χ1v) is 10.7. The van der Waals surface area contributed by atoms with Crippen molar-refractivity contribution in [2.75, 3.05) is 30.3 Å². The van der Waals surface area contributed by atoms with Crippen LogP contribution in [0.3, 0.4) is 0 Å². The Morgan fingerprint density at radius 1 is 1.25 bits per heavy atom. The lowest BCUT2D eigenvalue weighted by atomic mass is 10.2. The smallest absolute Gasteiger partial charge is 0.384 e. The summed E-state index contributed by atoms with van der Waals surface area (Å²) in [5.41, 5.74) is 5.57. The van der Waals surface area contributed by atoms with Crippen LogP contribution in [-0.4, -0.2) is 55.3 Å². The van der Waals surface area contributed by atoms with E-state index in [1.54, 1.807) is 0 Å². The number of nitrogen functional groups attached to an aromatic ring is 1. The van der Waals surface area contributed by atoms with E-state index in [1.807, 2.05) is 0 Å². The molecule has 0 radical (unpaired) electrons. The number of ether oxygens (including phenoxy) is 1. The van der Waals surface area contributed by atoms with Crippen molar-refractivity contribution < 1.29 is 35.1 Å². The predicted octanol–water partition coefficient (Wildman–Crippen LogP) is 2.73. The quantitative estimate of drug-likeness (QED) is 0.558. The van der Waals surface area contributed by atoms with Crippen molar-refractivity contribution in [1.82, 2.24) is 15.0 Å². The van der Waals surface area contributed by atoms with E-state index in [0.29, 0.717) is 0 Å². The molecule has 0 bridgehead atoms. The Hall–Kier alpha value is -3.00. The van der Waals surface area contributed by atoms with Gasteiger partial charge in [-0.3, -0.25) is 0 Å². The number of aryl methyl sites for hydroxylation is 1. The molecule has 0 amide bonds. The van der Waals surface area contributed by atoms with Gasteiger partial charge in [-0.05, 0) is 19.1 Å². The maximum atomic E-state index is 14.3. The van der Waals surface area contributed by atoms with Crippen LogP contribution < -0.4 is 10.6 Å². The highest BCUT2D eigenvalue weighted by Gasteiger charge is 2.44. The summed E-state index contributed by atoms with van der Waals surface area (Å²) in [5, 5.41) is 0. The minimum Gasteiger partial charge on any atom is -0.384 e. The largest absolute Gasteiger partial charge is 0.416 e. The van der Waals surface area contributed by atoms with Crippen molar-refractivity contribution in [3.63, 3.8) is 0 Å². The molecule has 0 aliphatic carbocycles. The Morgan fingerprint density at radius 3 is 2.66 bits per heavy atom. The molecule has 2 aromatic heterocycles. The van der Waals surface area contributed by atoms with E-state index in [0.717, 1.165) is 18.2 Å². The van der Waals surface area contributed by atoms with Crippen molar-refractivity contribution in [2.45, 2.75) is 29.0 Å². The summed E-state index contributed by atoms with van der Waals surface area (Å²) in [4.78, 5) is 10.5. The fourth-order valence-electron chi connectivity index (χ4n) is 3.50. The Kier molecular flexibility index (Phi) is 5.24. The highest BCUT2D eigenvalue weighted by Crippen LogP contribution is 2.37. The fourth-order valence-corrected chi connectivity index (χ4v) is 5.05. The maximum absolute atomic E-state index is 14.3. The van der Waals surface area contributed by atoms with Crippen molar-refractivity contribution in [2.24, 2.45) is 0 Å². The number of H-pyrrole nitrogens is 1. The van der Waals surface area contributed by atoms with Crippen LogP contribution in [0.2, 0.25) is 0 Å². The first-order valence-electron chi connectivity index (χ1n) is 9.19. The number of nitrogens with one attached hydrogen (secondary N) is 1. The van der Waals surface area contributed by atoms with E-state index in [1.165, 1.54) is 11.8 Å². The van der Waals surface area contributed by atoms with Crippen molar-refractivity contribution in [3.05, 3.63) is 35.7 Å². The third kappa shape index (κ3) is 3.62. The lowest BCUT2D eigenvalue weighted by Gasteiger charge is -2.34. The number of rotatable bonds is 3. The molecular weight excluding hydrogens is 461 g/mol. The van der Waals surface area contributed by atoms with Crippen LogP contribution in [0.25, 0.3) is 11.0 Å². The maximum Gasteiger partial charge on any atom is 0.416 e. The number of hydrogen-bond acceptors (Lipinski definition) is 7. The molecule has 1 fully saturated rings. The molecular formula is C18H16F5N5O3S. The Labute approximate surface area is 178 Å². The van der Waals surface area contributed by atoms with Crippen LogP contribution in [0, 0.1) is 18.6 Å². The van der Waals surface area contributed by atoms with Crippen LogP contribution in [-0.2, 0) is 14.6 Å². The molecule has 0 spiro atoms. The molecule has 3 N–H and O–H groups in total. The molecule has 0 unspecified atom stereocenters. The van der Waals surface area contributed by atoms with Crippen molar-refractivity contribution in [1.29, 1.82) is 0 Å². The Balaban J connectivity index is 1.89. The Bertz CT molecular complexity index is 1310. The summed E-state index contributed by atoms with van der Waals surface area (Å²) in [7, 11) is -4.69. The van der Waals surface area contributed by atoms with Crippen LogP contribution >= 0.6 is 0 Å². The zero-order chi connectivity index (χ0) is 23.4. The second kappa shape index (κ2) is 7.55. The van der Waals surface area contributed by atoms with E-state index >= 15 is 0 Å². The van der Waals surface area contributed by atoms with Gasteiger partial charge in [0.15, 0.2) is 23.6 Å². The minimum absolute atomic E-state index is 0.0158. The number of sulfone groups is 1. The van der Waals surface area contributed by atoms with Crippen LogP contribution in [0.5, 0.6) is 0 Å². The summed E-state index contributed by atoms with van der Waals surface area (Å²) in [5.74, 6) is -3.38. The number of nitrogens with two attached hydrogens (primary N) is 1. The molecule has 1 atom stereocenters. The van der Waals surface area contributed by atoms with E-state index in [2.05, 4.69) is 15.0 Å². The highest BCUT2D eigenvalue weighted by atomic mass is 32.2. The number of alkyl halides is 3. The van der Waals surface area contributed by atoms with Gasteiger partial charge in [-0.15, -0.1) is 0 Å². The number of benzene rings is 1. The van der Waals surface area contributed by atoms with Crippen molar-refractivity contribution in [3.8, 4) is 0 Å². The molecule has 0 saturated carbocycles. The molecule has 3 heterocycles. The highest BCUT2D eigenvalue weighted by molar-refractivity contribution is 7.92. The van der Waals surface area contributed by atoms with Gasteiger partial charge in [-0.1, -0.05) is 6.07 Å². The summed E-state index contributed by atoms with van der Waals surface area (Å²) in [6.07, 6.45) is -6.68. The van der Waals surface area contributed by atoms with Gasteiger partial charge in [-0.2, -0.15) is 13.2 Å². The lowest BCUT2D eigenvalue weighted by Crippen LogP contribution is -2.49. The predicted molar refractivity (Wildman–Crippen MR) is 103 cm³/mol. The van der Waals surface area contributed by atoms with Gasteiger partial charge >= 0.3 is 6.18 Å². The molecule has 1 aliphatic heterocycles. The summed E-state index contributed by atoms with van der Waals surface area (Å²) < 4.78 is 98.4. The summed E-state index contributed by atoms with van der Waals surface area (Å²) >= 11 is 0. The third-order valence-corrected chi connectivity index (χ3v) is 6.77. The fraction of sp³-hybridized carbons (Fsp3) is 0.333. The second-order valence-corrected chi connectivity index (χ2v) is 8.94. The van der Waals surface area contributed by atoms with E-state index in [4.69, 9.17) is 10.5 Å². The standard InChI is InChI=1S/C18H16F5N5O3S/c1-8-25-13-14(17(26-8)28-5-6-31-11(7-28)18(21,22)23)27-16(24)15(13)32(29,30)10-4-2-3-9(19)12(10)20/h2-4,11,27H,5-7,24H2,1H3/t11-/m0/s1. The van der Waals surface area contributed by atoms with E-state index in [-0.39, 0.29) is 35.8 Å². The SMILES string of the molecule is Cc1nc(N2CCO[C@H](C(F)(F)F)C2)c2[nH]c(N)c(S(=O)(=O)c3cccc(F)c3F)c2n1. The van der Waals surface area contributed by atoms with Gasteiger partial charge in [0.05, 0.1) is 13.2 Å². The van der Waals surface area contributed by atoms with Gasteiger partial charge in [0.2, 0.25) is 9.84 Å². The number of fused-ring (bicyclic) bond motifs is 1. The van der Waals surface area contributed by atoms with Crippen molar-refractivity contribution >= 4 is 32.5 Å². The van der Waals surface area contributed by atoms with E-state index < -0.39 is 55.9 Å². The molecule has 14 heteroatoms. The first kappa shape index (κ1) is 22.2. The molecule has 172 valence electrons. The monoisotopic (exact) mass is 477 g/mol. The summed E-state index contributed by atoms with van der Waals surface area (Å²) in [6, 6.07) is 2.65. The number of anilines is 2. The normalized spacial score (nSPS) is 17.8. The zero-order valence-corrected chi connectivity index (χ0v) is 17.2. The van der Waals surface area contributed by atoms with E-state index in [9.17, 15) is 30.4 Å². The molecule has 1 aliphatic rings. The average Bonchev–Trinajstić information content (AvgIpc) is 3.05. The minimum atomic E-state index is -4.69. The van der Waals surface area contributed by atoms with Crippen LogP contribution in [0.4, 0.5) is 33.6 Å². The topological polar surface area (TPSA) is 114 Å².